The number of nitrogens with one attached hydrogen (secondary N) is 1. The number of nitrogens with zero attached hydrogens (tertiary/aromatic N) is 3. The molecule has 152 valence electrons. The number of hydrogen-bond acceptors (Lipinski definition) is 5. The van der Waals surface area contributed by atoms with Gasteiger partial charge in [-0.3, -0.25) is 23.9 Å². The summed E-state index contributed by atoms with van der Waals surface area (Å²) in [5.41, 5.74) is 4.43. The molecule has 1 saturated heterocycles. The summed E-state index contributed by atoms with van der Waals surface area (Å²) < 4.78 is 1.14. The molecule has 1 aliphatic heterocycles. The van der Waals surface area contributed by atoms with E-state index in [-0.39, 0.29) is 24.8 Å². The first kappa shape index (κ1) is 19.1. The minimum absolute atomic E-state index is 0.150. The highest BCUT2D eigenvalue weighted by Gasteiger charge is 2.52. The largest absolute Gasteiger partial charge is 0.368 e. The lowest BCUT2D eigenvalue weighted by atomic mass is 9.77. The van der Waals surface area contributed by atoms with Gasteiger partial charge in [-0.25, -0.2) is 9.78 Å². The van der Waals surface area contributed by atoms with Crippen molar-refractivity contribution in [3.63, 3.8) is 0 Å². The van der Waals surface area contributed by atoms with Gasteiger partial charge in [0.25, 0.3) is 11.5 Å². The summed E-state index contributed by atoms with van der Waals surface area (Å²) in [6.07, 6.45) is 2.91. The summed E-state index contributed by atoms with van der Waals surface area (Å²) in [5, 5.41) is 3.19. The van der Waals surface area contributed by atoms with Crippen LogP contribution in [0.1, 0.15) is 38.4 Å². The Labute approximate surface area is 166 Å². The molecule has 4 rings (SSSR count). The number of para-hydroxylation sites is 1. The zero-order valence-corrected chi connectivity index (χ0v) is 16.2. The first-order valence-corrected chi connectivity index (χ1v) is 9.71. The average molecular weight is 397 g/mol. The highest BCUT2D eigenvalue weighted by Crippen LogP contribution is 2.36. The Hall–Kier alpha value is -3.23. The third-order valence-electron chi connectivity index (χ3n) is 5.93. The van der Waals surface area contributed by atoms with Crippen molar-refractivity contribution in [2.45, 2.75) is 51.2 Å². The number of aromatic nitrogens is 2. The standard InChI is InChI=1S/C20H23N5O4/c1-12-6-8-20(9-7-12)18(28)25(19(29)23-20)11-16-22-14-5-3-2-4-13(14)17(27)24(16)10-15(21)26/h2-5,12H,6-11H2,1H3,(H2,21,26)(H,23,29). The number of amides is 4. The number of urea groups is 1. The van der Waals surface area contributed by atoms with Crippen molar-refractivity contribution in [3.8, 4) is 0 Å². The summed E-state index contributed by atoms with van der Waals surface area (Å²) in [6, 6.07) is 6.22. The van der Waals surface area contributed by atoms with E-state index in [1.807, 2.05) is 0 Å². The van der Waals surface area contributed by atoms with Crippen molar-refractivity contribution in [2.75, 3.05) is 0 Å². The van der Waals surface area contributed by atoms with Crippen LogP contribution in [0.3, 0.4) is 0 Å². The zero-order valence-electron chi connectivity index (χ0n) is 16.2. The molecular formula is C20H23N5O4. The minimum Gasteiger partial charge on any atom is -0.368 e. The van der Waals surface area contributed by atoms with Gasteiger partial charge in [-0.05, 0) is 43.7 Å². The quantitative estimate of drug-likeness (QED) is 0.741. The van der Waals surface area contributed by atoms with Crippen LogP contribution in [-0.2, 0) is 22.7 Å². The van der Waals surface area contributed by atoms with E-state index in [1.54, 1.807) is 24.3 Å². The number of benzene rings is 1. The molecule has 1 saturated carbocycles. The van der Waals surface area contributed by atoms with Crippen molar-refractivity contribution < 1.29 is 14.4 Å². The molecule has 9 nitrogen and oxygen atoms in total. The molecule has 0 bridgehead atoms. The van der Waals surface area contributed by atoms with Gasteiger partial charge in [0.05, 0.1) is 17.4 Å². The Balaban J connectivity index is 1.72. The molecule has 2 fully saturated rings. The monoisotopic (exact) mass is 397 g/mol. The average Bonchev–Trinajstić information content (AvgIpc) is 2.91. The van der Waals surface area contributed by atoms with Crippen LogP contribution < -0.4 is 16.6 Å². The molecule has 2 aromatic rings. The fourth-order valence-electron chi connectivity index (χ4n) is 4.21. The molecule has 0 radical (unpaired) electrons. The van der Waals surface area contributed by atoms with Crippen molar-refractivity contribution in [3.05, 3.63) is 40.4 Å². The smallest absolute Gasteiger partial charge is 0.325 e. The van der Waals surface area contributed by atoms with Gasteiger partial charge in [-0.2, -0.15) is 0 Å². The van der Waals surface area contributed by atoms with Crippen molar-refractivity contribution in [1.82, 2.24) is 19.8 Å². The Bertz CT molecular complexity index is 1070. The van der Waals surface area contributed by atoms with Crippen molar-refractivity contribution in [1.29, 1.82) is 0 Å². The summed E-state index contributed by atoms with van der Waals surface area (Å²) in [4.78, 5) is 55.7. The Morgan fingerprint density at radius 2 is 1.93 bits per heavy atom. The van der Waals surface area contributed by atoms with Gasteiger partial charge in [0, 0.05) is 0 Å². The Morgan fingerprint density at radius 1 is 1.24 bits per heavy atom. The van der Waals surface area contributed by atoms with E-state index < -0.39 is 23.0 Å². The number of rotatable bonds is 4. The second kappa shape index (κ2) is 6.98. The van der Waals surface area contributed by atoms with Gasteiger partial charge >= 0.3 is 6.03 Å². The molecule has 4 amide bonds. The van der Waals surface area contributed by atoms with Crippen LogP contribution in [0.15, 0.2) is 29.1 Å². The molecule has 1 aromatic heterocycles. The predicted molar refractivity (Wildman–Crippen MR) is 105 cm³/mol. The van der Waals surface area contributed by atoms with Gasteiger partial charge in [0.15, 0.2) is 0 Å². The molecule has 1 aliphatic carbocycles. The SMILES string of the molecule is CC1CCC2(CC1)NC(=O)N(Cc1nc3ccccc3c(=O)n1CC(N)=O)C2=O. The van der Waals surface area contributed by atoms with Gasteiger partial charge in [-0.1, -0.05) is 19.1 Å². The zero-order chi connectivity index (χ0) is 20.8. The van der Waals surface area contributed by atoms with Crippen LogP contribution in [0.5, 0.6) is 0 Å². The second-order valence-corrected chi connectivity index (χ2v) is 7.99. The molecule has 0 unspecified atom stereocenters. The predicted octanol–water partition coefficient (Wildman–Crippen LogP) is 0.882. The normalized spacial score (nSPS) is 24.3. The number of fused-ring (bicyclic) bond motifs is 1. The van der Waals surface area contributed by atoms with E-state index in [0.717, 1.165) is 22.3 Å². The van der Waals surface area contributed by atoms with Gasteiger partial charge in [0.2, 0.25) is 5.91 Å². The maximum absolute atomic E-state index is 13.1. The molecule has 2 heterocycles. The van der Waals surface area contributed by atoms with E-state index >= 15 is 0 Å². The van der Waals surface area contributed by atoms with Crippen LogP contribution in [0.2, 0.25) is 0 Å². The molecule has 2 aliphatic rings. The molecule has 29 heavy (non-hydrogen) atoms. The van der Waals surface area contributed by atoms with Crippen LogP contribution in [-0.4, -0.2) is 37.8 Å². The van der Waals surface area contributed by atoms with Crippen molar-refractivity contribution in [2.24, 2.45) is 11.7 Å². The Kier molecular flexibility index (Phi) is 4.60. The molecule has 9 heteroatoms. The lowest BCUT2D eigenvalue weighted by Gasteiger charge is -2.33. The molecule has 3 N–H and O–H groups in total. The first-order chi connectivity index (χ1) is 13.8. The van der Waals surface area contributed by atoms with Crippen LogP contribution in [0.4, 0.5) is 4.79 Å². The summed E-state index contributed by atoms with van der Waals surface area (Å²) in [5.74, 6) is -0.345. The third-order valence-corrected chi connectivity index (χ3v) is 5.93. The van der Waals surface area contributed by atoms with Gasteiger partial charge < -0.3 is 11.1 Å². The molecule has 0 atom stereocenters. The van der Waals surface area contributed by atoms with E-state index in [2.05, 4.69) is 17.2 Å². The number of carbonyl (C=O) groups excluding carboxylic acids is 3. The van der Waals surface area contributed by atoms with Crippen LogP contribution in [0.25, 0.3) is 10.9 Å². The molecule has 1 aromatic carbocycles. The first-order valence-electron chi connectivity index (χ1n) is 9.71. The summed E-state index contributed by atoms with van der Waals surface area (Å²) >= 11 is 0. The summed E-state index contributed by atoms with van der Waals surface area (Å²) in [6.45, 7) is 1.56. The fourth-order valence-corrected chi connectivity index (χ4v) is 4.21. The fraction of sp³-hybridized carbons (Fsp3) is 0.450. The summed E-state index contributed by atoms with van der Waals surface area (Å²) in [7, 11) is 0. The lowest BCUT2D eigenvalue weighted by Crippen LogP contribution is -2.49. The number of hydrogen-bond donors (Lipinski definition) is 2. The number of carbonyl (C=O) groups is 3. The second-order valence-electron chi connectivity index (χ2n) is 7.99. The van der Waals surface area contributed by atoms with E-state index in [9.17, 15) is 19.2 Å². The third kappa shape index (κ3) is 3.26. The maximum Gasteiger partial charge on any atom is 0.325 e. The van der Waals surface area contributed by atoms with Crippen LogP contribution in [0, 0.1) is 5.92 Å². The highest BCUT2D eigenvalue weighted by molar-refractivity contribution is 6.07. The van der Waals surface area contributed by atoms with E-state index in [4.69, 9.17) is 5.73 Å². The van der Waals surface area contributed by atoms with Gasteiger partial charge in [0.1, 0.15) is 17.9 Å². The van der Waals surface area contributed by atoms with Crippen LogP contribution >= 0.6 is 0 Å². The Morgan fingerprint density at radius 3 is 2.62 bits per heavy atom. The maximum atomic E-state index is 13.1. The van der Waals surface area contributed by atoms with E-state index in [0.29, 0.717) is 29.7 Å². The topological polar surface area (TPSA) is 127 Å². The molecule has 1 spiro atoms. The number of nitrogens with two attached hydrogens (primary N) is 1. The van der Waals surface area contributed by atoms with Crippen molar-refractivity contribution >= 4 is 28.7 Å². The highest BCUT2D eigenvalue weighted by atomic mass is 16.2. The minimum atomic E-state index is -0.880. The van der Waals surface area contributed by atoms with E-state index in [1.165, 1.54) is 0 Å². The molecular weight excluding hydrogens is 374 g/mol. The number of imide groups is 1. The number of primary amides is 1. The van der Waals surface area contributed by atoms with Gasteiger partial charge in [-0.15, -0.1) is 0 Å². The lowest BCUT2D eigenvalue weighted by molar-refractivity contribution is -0.133.